The van der Waals surface area contributed by atoms with Gasteiger partial charge in [-0.2, -0.15) is 0 Å². The summed E-state index contributed by atoms with van der Waals surface area (Å²) < 4.78 is 12.8. The van der Waals surface area contributed by atoms with Gasteiger partial charge in [0, 0.05) is 25.3 Å². The summed E-state index contributed by atoms with van der Waals surface area (Å²) in [5.74, 6) is -0.101. The number of anilines is 2. The zero-order valence-corrected chi connectivity index (χ0v) is 11.8. The molecule has 4 nitrogen and oxygen atoms in total. The monoisotopic (exact) mass is 293 g/mol. The predicted octanol–water partition coefficient (Wildman–Crippen LogP) is 3.19. The summed E-state index contributed by atoms with van der Waals surface area (Å²) >= 11 is 5.89. The first-order valence-electron chi connectivity index (χ1n) is 5.87. The highest BCUT2D eigenvalue weighted by atomic mass is 35.5. The van der Waals surface area contributed by atoms with Crippen LogP contribution in [-0.2, 0) is 0 Å². The minimum atomic E-state index is -0.357. The molecule has 20 heavy (non-hydrogen) atoms. The van der Waals surface area contributed by atoms with Crippen molar-refractivity contribution >= 4 is 29.0 Å². The van der Waals surface area contributed by atoms with Gasteiger partial charge < -0.3 is 10.2 Å². The molecular formula is C14H13ClFN3O. The van der Waals surface area contributed by atoms with Gasteiger partial charge in [-0.3, -0.25) is 4.79 Å². The Bertz CT molecular complexity index is 629. The molecule has 1 aromatic heterocycles. The molecule has 1 heterocycles. The second-order valence-electron chi connectivity index (χ2n) is 4.39. The Balaban J connectivity index is 2.22. The summed E-state index contributed by atoms with van der Waals surface area (Å²) in [6, 6.07) is 8.64. The Morgan fingerprint density at radius 2 is 1.90 bits per heavy atom. The van der Waals surface area contributed by atoms with Crippen LogP contribution in [0.15, 0.2) is 36.4 Å². The Labute approximate surface area is 121 Å². The lowest BCUT2D eigenvalue weighted by Gasteiger charge is -2.13. The summed E-state index contributed by atoms with van der Waals surface area (Å²) in [6.45, 7) is 0. The zero-order valence-electron chi connectivity index (χ0n) is 11.0. The van der Waals surface area contributed by atoms with E-state index < -0.39 is 0 Å². The fourth-order valence-corrected chi connectivity index (χ4v) is 1.78. The summed E-state index contributed by atoms with van der Waals surface area (Å²) in [5, 5.41) is 2.90. The van der Waals surface area contributed by atoms with Crippen molar-refractivity contribution in [2.24, 2.45) is 0 Å². The van der Waals surface area contributed by atoms with Gasteiger partial charge in [-0.25, -0.2) is 9.37 Å². The molecule has 2 aromatic rings. The van der Waals surface area contributed by atoms with Crippen molar-refractivity contribution in [2.75, 3.05) is 24.3 Å². The number of hydrogen-bond donors (Lipinski definition) is 1. The second kappa shape index (κ2) is 5.88. The highest BCUT2D eigenvalue weighted by Crippen LogP contribution is 2.18. The third kappa shape index (κ3) is 3.45. The van der Waals surface area contributed by atoms with Crippen LogP contribution in [0.25, 0.3) is 0 Å². The summed E-state index contributed by atoms with van der Waals surface area (Å²) in [6.07, 6.45) is 0. The maximum Gasteiger partial charge on any atom is 0.255 e. The quantitative estimate of drug-likeness (QED) is 0.884. The first-order valence-corrected chi connectivity index (χ1v) is 6.25. The van der Waals surface area contributed by atoms with E-state index in [0.29, 0.717) is 17.1 Å². The third-order valence-electron chi connectivity index (χ3n) is 2.60. The van der Waals surface area contributed by atoms with Gasteiger partial charge in [0.1, 0.15) is 16.8 Å². The van der Waals surface area contributed by atoms with Crippen LogP contribution in [0, 0.1) is 5.82 Å². The number of carbonyl (C=O) groups excluding carboxylic acids is 1. The van der Waals surface area contributed by atoms with E-state index in [1.165, 1.54) is 30.3 Å². The van der Waals surface area contributed by atoms with E-state index in [-0.39, 0.29) is 16.9 Å². The van der Waals surface area contributed by atoms with Crippen molar-refractivity contribution in [1.29, 1.82) is 0 Å². The lowest BCUT2D eigenvalue weighted by atomic mass is 10.2. The number of rotatable bonds is 3. The first-order chi connectivity index (χ1) is 9.45. The van der Waals surface area contributed by atoms with Gasteiger partial charge in [0.05, 0.1) is 0 Å². The van der Waals surface area contributed by atoms with E-state index >= 15 is 0 Å². The number of pyridine rings is 1. The molecule has 0 bridgehead atoms. The average molecular weight is 294 g/mol. The van der Waals surface area contributed by atoms with Gasteiger partial charge >= 0.3 is 0 Å². The number of carbonyl (C=O) groups is 1. The molecule has 0 fully saturated rings. The minimum Gasteiger partial charge on any atom is -0.363 e. The van der Waals surface area contributed by atoms with Crippen LogP contribution in [0.1, 0.15) is 10.4 Å². The van der Waals surface area contributed by atoms with E-state index in [4.69, 9.17) is 11.6 Å². The standard InChI is InChI=1S/C14H13ClFN3O/c1-19(2)13-8-9(7-12(15)18-13)14(20)17-11-5-3-10(16)4-6-11/h3-8H,1-2H3,(H,17,20). The van der Waals surface area contributed by atoms with E-state index in [9.17, 15) is 9.18 Å². The molecule has 1 amide bonds. The van der Waals surface area contributed by atoms with Crippen molar-refractivity contribution in [1.82, 2.24) is 4.98 Å². The predicted molar refractivity (Wildman–Crippen MR) is 77.9 cm³/mol. The number of hydrogen-bond acceptors (Lipinski definition) is 3. The number of halogens is 2. The smallest absolute Gasteiger partial charge is 0.255 e. The molecule has 1 aromatic carbocycles. The molecule has 0 radical (unpaired) electrons. The van der Waals surface area contributed by atoms with Crippen molar-refractivity contribution < 1.29 is 9.18 Å². The Morgan fingerprint density at radius 3 is 2.50 bits per heavy atom. The summed E-state index contributed by atoms with van der Waals surface area (Å²) in [4.78, 5) is 18.0. The number of benzene rings is 1. The van der Waals surface area contributed by atoms with Gasteiger partial charge in [-0.15, -0.1) is 0 Å². The topological polar surface area (TPSA) is 45.2 Å². The van der Waals surface area contributed by atoms with E-state index in [0.717, 1.165) is 0 Å². The molecule has 0 saturated carbocycles. The second-order valence-corrected chi connectivity index (χ2v) is 4.78. The molecule has 0 aliphatic carbocycles. The Hall–Kier alpha value is -2.14. The molecule has 0 aliphatic heterocycles. The molecule has 6 heteroatoms. The van der Waals surface area contributed by atoms with Crippen molar-refractivity contribution in [2.45, 2.75) is 0 Å². The average Bonchev–Trinajstić information content (AvgIpc) is 2.40. The first kappa shape index (κ1) is 14.3. The number of aromatic nitrogens is 1. The number of amides is 1. The zero-order chi connectivity index (χ0) is 14.7. The highest BCUT2D eigenvalue weighted by molar-refractivity contribution is 6.30. The molecule has 0 spiro atoms. The van der Waals surface area contributed by atoms with Crippen LogP contribution < -0.4 is 10.2 Å². The fraction of sp³-hybridized carbons (Fsp3) is 0.143. The van der Waals surface area contributed by atoms with Gasteiger partial charge in [0.15, 0.2) is 0 Å². The molecular weight excluding hydrogens is 281 g/mol. The van der Waals surface area contributed by atoms with E-state index in [1.54, 1.807) is 25.1 Å². The maximum atomic E-state index is 12.8. The molecule has 1 N–H and O–H groups in total. The highest BCUT2D eigenvalue weighted by Gasteiger charge is 2.10. The summed E-state index contributed by atoms with van der Waals surface area (Å²) in [5.41, 5.74) is 0.897. The van der Waals surface area contributed by atoms with Crippen LogP contribution in [0.5, 0.6) is 0 Å². The molecule has 0 saturated heterocycles. The molecule has 0 atom stereocenters. The van der Waals surface area contributed by atoms with Crippen LogP contribution in [-0.4, -0.2) is 25.0 Å². The lowest BCUT2D eigenvalue weighted by Crippen LogP contribution is -2.15. The SMILES string of the molecule is CN(C)c1cc(C(=O)Nc2ccc(F)cc2)cc(Cl)n1. The van der Waals surface area contributed by atoms with E-state index in [1.807, 2.05) is 0 Å². The van der Waals surface area contributed by atoms with E-state index in [2.05, 4.69) is 10.3 Å². The fourth-order valence-electron chi connectivity index (χ4n) is 1.58. The number of nitrogens with zero attached hydrogens (tertiary/aromatic N) is 2. The molecule has 0 unspecified atom stereocenters. The van der Waals surface area contributed by atoms with Gasteiger partial charge in [0.25, 0.3) is 5.91 Å². The lowest BCUT2D eigenvalue weighted by molar-refractivity contribution is 0.102. The van der Waals surface area contributed by atoms with Gasteiger partial charge in [0.2, 0.25) is 0 Å². The maximum absolute atomic E-state index is 12.8. The molecule has 2 rings (SSSR count). The van der Waals surface area contributed by atoms with Crippen LogP contribution >= 0.6 is 11.6 Å². The van der Waals surface area contributed by atoms with Gasteiger partial charge in [-0.05, 0) is 36.4 Å². The largest absolute Gasteiger partial charge is 0.363 e. The van der Waals surface area contributed by atoms with Crippen LogP contribution in [0.2, 0.25) is 5.15 Å². The van der Waals surface area contributed by atoms with Crippen molar-refractivity contribution in [3.63, 3.8) is 0 Å². The third-order valence-corrected chi connectivity index (χ3v) is 2.80. The van der Waals surface area contributed by atoms with Crippen LogP contribution in [0.4, 0.5) is 15.9 Å². The Morgan fingerprint density at radius 1 is 1.25 bits per heavy atom. The van der Waals surface area contributed by atoms with Crippen LogP contribution in [0.3, 0.4) is 0 Å². The van der Waals surface area contributed by atoms with Gasteiger partial charge in [-0.1, -0.05) is 11.6 Å². The number of nitrogens with one attached hydrogen (secondary N) is 1. The Kier molecular flexibility index (Phi) is 4.20. The van der Waals surface area contributed by atoms with Crippen molar-refractivity contribution in [3.8, 4) is 0 Å². The molecule has 104 valence electrons. The normalized spacial score (nSPS) is 10.2. The molecule has 0 aliphatic rings. The summed E-state index contributed by atoms with van der Waals surface area (Å²) in [7, 11) is 3.61. The minimum absolute atomic E-state index is 0.237. The van der Waals surface area contributed by atoms with Crippen molar-refractivity contribution in [3.05, 3.63) is 52.9 Å².